The number of halogens is 1. The molecule has 0 fully saturated rings. The first-order valence-corrected chi connectivity index (χ1v) is 5.93. The lowest BCUT2D eigenvalue weighted by Crippen LogP contribution is -2.13. The molecule has 0 heterocycles. The second kappa shape index (κ2) is 5.52. The number of hydrogen-bond donors (Lipinski definition) is 1. The van der Waals surface area contributed by atoms with E-state index in [1.54, 1.807) is 7.11 Å². The van der Waals surface area contributed by atoms with Crippen molar-refractivity contribution in [3.63, 3.8) is 0 Å². The minimum absolute atomic E-state index is 0.0882. The summed E-state index contributed by atoms with van der Waals surface area (Å²) in [5, 5.41) is 0. The number of rotatable bonds is 4. The molecule has 2 N–H and O–H groups in total. The van der Waals surface area contributed by atoms with Gasteiger partial charge in [-0.15, -0.1) is 0 Å². The van der Waals surface area contributed by atoms with E-state index < -0.39 is 0 Å². The molecule has 0 aromatic heterocycles. The minimum Gasteiger partial charge on any atom is -0.497 e. The molecule has 1 rings (SSSR count). The second-order valence-corrected chi connectivity index (χ2v) is 4.98. The predicted octanol–water partition coefficient (Wildman–Crippen LogP) is 3.50. The first kappa shape index (κ1) is 12.5. The Hall–Kier alpha value is -0.540. The summed E-state index contributed by atoms with van der Waals surface area (Å²) in [6, 6.07) is 6.01. The van der Waals surface area contributed by atoms with Crippen LogP contribution in [0.4, 0.5) is 0 Å². The van der Waals surface area contributed by atoms with Crippen LogP contribution in [0.5, 0.6) is 5.75 Å². The standard InChI is InChI=1S/C12H18BrNO/c1-8(2)6-12(14)10-5-4-9(15-3)7-11(10)13/h4-5,7-8,12H,6,14H2,1-3H3. The van der Waals surface area contributed by atoms with Gasteiger partial charge in [0.1, 0.15) is 5.75 Å². The van der Waals surface area contributed by atoms with E-state index in [0.29, 0.717) is 5.92 Å². The van der Waals surface area contributed by atoms with Crippen LogP contribution in [0.3, 0.4) is 0 Å². The van der Waals surface area contributed by atoms with Crippen molar-refractivity contribution in [3.8, 4) is 5.75 Å². The molecular weight excluding hydrogens is 254 g/mol. The van der Waals surface area contributed by atoms with Crippen molar-refractivity contribution in [2.24, 2.45) is 11.7 Å². The SMILES string of the molecule is COc1ccc(C(N)CC(C)C)c(Br)c1. The Balaban J connectivity index is 2.85. The van der Waals surface area contributed by atoms with E-state index in [2.05, 4.69) is 29.8 Å². The lowest BCUT2D eigenvalue weighted by molar-refractivity contribution is 0.414. The molecule has 2 nitrogen and oxygen atoms in total. The van der Waals surface area contributed by atoms with Crippen LogP contribution in [0.1, 0.15) is 31.9 Å². The molecule has 0 aliphatic carbocycles. The number of nitrogens with two attached hydrogens (primary N) is 1. The highest BCUT2D eigenvalue weighted by molar-refractivity contribution is 9.10. The molecule has 0 radical (unpaired) electrons. The minimum atomic E-state index is 0.0882. The smallest absolute Gasteiger partial charge is 0.120 e. The van der Waals surface area contributed by atoms with Crippen molar-refractivity contribution in [3.05, 3.63) is 28.2 Å². The summed E-state index contributed by atoms with van der Waals surface area (Å²) in [6.45, 7) is 4.36. The number of methoxy groups -OCH3 is 1. The molecule has 0 saturated heterocycles. The van der Waals surface area contributed by atoms with Gasteiger partial charge >= 0.3 is 0 Å². The van der Waals surface area contributed by atoms with Gasteiger partial charge in [-0.3, -0.25) is 0 Å². The molecule has 1 atom stereocenters. The van der Waals surface area contributed by atoms with Gasteiger partial charge in [0, 0.05) is 10.5 Å². The summed E-state index contributed by atoms with van der Waals surface area (Å²) < 4.78 is 6.16. The Morgan fingerprint density at radius 1 is 1.40 bits per heavy atom. The fourth-order valence-corrected chi connectivity index (χ4v) is 2.22. The molecule has 0 amide bonds. The molecule has 1 aromatic carbocycles. The van der Waals surface area contributed by atoms with Crippen LogP contribution in [0.25, 0.3) is 0 Å². The van der Waals surface area contributed by atoms with Gasteiger partial charge in [-0.25, -0.2) is 0 Å². The van der Waals surface area contributed by atoms with Crippen molar-refractivity contribution < 1.29 is 4.74 Å². The van der Waals surface area contributed by atoms with Crippen LogP contribution in [-0.2, 0) is 0 Å². The lowest BCUT2D eigenvalue weighted by Gasteiger charge is -2.16. The van der Waals surface area contributed by atoms with Gasteiger partial charge in [0.2, 0.25) is 0 Å². The van der Waals surface area contributed by atoms with Gasteiger partial charge in [0.05, 0.1) is 7.11 Å². The molecule has 1 unspecified atom stereocenters. The molecule has 0 bridgehead atoms. The van der Waals surface area contributed by atoms with Crippen LogP contribution in [0, 0.1) is 5.92 Å². The van der Waals surface area contributed by atoms with Gasteiger partial charge < -0.3 is 10.5 Å². The van der Waals surface area contributed by atoms with Crippen LogP contribution < -0.4 is 10.5 Å². The van der Waals surface area contributed by atoms with Crippen LogP contribution in [0.2, 0.25) is 0 Å². The Labute approximate surface area is 99.9 Å². The van der Waals surface area contributed by atoms with E-state index in [1.165, 1.54) is 0 Å². The van der Waals surface area contributed by atoms with E-state index >= 15 is 0 Å². The molecule has 84 valence electrons. The van der Waals surface area contributed by atoms with Crippen molar-refractivity contribution in [1.29, 1.82) is 0 Å². The summed E-state index contributed by atoms with van der Waals surface area (Å²) in [5.41, 5.74) is 7.26. The Morgan fingerprint density at radius 2 is 2.07 bits per heavy atom. The zero-order valence-corrected chi connectivity index (χ0v) is 11.0. The normalized spacial score (nSPS) is 12.9. The van der Waals surface area contributed by atoms with Crippen molar-refractivity contribution >= 4 is 15.9 Å². The monoisotopic (exact) mass is 271 g/mol. The molecule has 0 aliphatic heterocycles. The quantitative estimate of drug-likeness (QED) is 0.910. The third-order valence-electron chi connectivity index (χ3n) is 2.33. The average molecular weight is 272 g/mol. The highest BCUT2D eigenvalue weighted by Crippen LogP contribution is 2.29. The average Bonchev–Trinajstić information content (AvgIpc) is 2.16. The van der Waals surface area contributed by atoms with E-state index in [-0.39, 0.29) is 6.04 Å². The summed E-state index contributed by atoms with van der Waals surface area (Å²) in [5.74, 6) is 1.45. The largest absolute Gasteiger partial charge is 0.497 e. The molecule has 0 aliphatic rings. The molecule has 1 aromatic rings. The molecule has 0 saturated carbocycles. The molecule has 3 heteroatoms. The Kier molecular flexibility index (Phi) is 4.61. The first-order valence-electron chi connectivity index (χ1n) is 5.13. The third kappa shape index (κ3) is 3.50. The summed E-state index contributed by atoms with van der Waals surface area (Å²) in [4.78, 5) is 0. The van der Waals surface area contributed by atoms with Gasteiger partial charge in [-0.2, -0.15) is 0 Å². The maximum absolute atomic E-state index is 6.12. The zero-order chi connectivity index (χ0) is 11.4. The number of ether oxygens (including phenoxy) is 1. The summed E-state index contributed by atoms with van der Waals surface area (Å²) >= 11 is 3.52. The van der Waals surface area contributed by atoms with Gasteiger partial charge in [0.15, 0.2) is 0 Å². The van der Waals surface area contributed by atoms with E-state index in [4.69, 9.17) is 10.5 Å². The highest BCUT2D eigenvalue weighted by atomic mass is 79.9. The number of hydrogen-bond acceptors (Lipinski definition) is 2. The fourth-order valence-electron chi connectivity index (χ4n) is 1.57. The van der Waals surface area contributed by atoms with Gasteiger partial charge in [-0.1, -0.05) is 35.8 Å². The number of benzene rings is 1. The van der Waals surface area contributed by atoms with Crippen molar-refractivity contribution in [2.45, 2.75) is 26.3 Å². The highest BCUT2D eigenvalue weighted by Gasteiger charge is 2.12. The zero-order valence-electron chi connectivity index (χ0n) is 9.46. The molecule has 0 spiro atoms. The molecule has 15 heavy (non-hydrogen) atoms. The maximum atomic E-state index is 6.12. The van der Waals surface area contributed by atoms with E-state index in [1.807, 2.05) is 18.2 Å². The summed E-state index contributed by atoms with van der Waals surface area (Å²) in [7, 11) is 1.66. The lowest BCUT2D eigenvalue weighted by atomic mass is 9.98. The van der Waals surface area contributed by atoms with Crippen LogP contribution in [-0.4, -0.2) is 7.11 Å². The van der Waals surface area contributed by atoms with Gasteiger partial charge in [0.25, 0.3) is 0 Å². The van der Waals surface area contributed by atoms with E-state index in [9.17, 15) is 0 Å². The van der Waals surface area contributed by atoms with Crippen molar-refractivity contribution in [2.75, 3.05) is 7.11 Å². The Morgan fingerprint density at radius 3 is 2.53 bits per heavy atom. The Bertz CT molecular complexity index is 325. The topological polar surface area (TPSA) is 35.2 Å². The van der Waals surface area contributed by atoms with Crippen molar-refractivity contribution in [1.82, 2.24) is 0 Å². The first-order chi connectivity index (χ1) is 7.04. The fraction of sp³-hybridized carbons (Fsp3) is 0.500. The van der Waals surface area contributed by atoms with E-state index in [0.717, 1.165) is 22.2 Å². The second-order valence-electron chi connectivity index (χ2n) is 4.12. The van der Waals surface area contributed by atoms with Crippen LogP contribution in [0.15, 0.2) is 22.7 Å². The predicted molar refractivity (Wildman–Crippen MR) is 67.1 cm³/mol. The summed E-state index contributed by atoms with van der Waals surface area (Å²) in [6.07, 6.45) is 0.991. The van der Waals surface area contributed by atoms with Gasteiger partial charge in [-0.05, 0) is 30.0 Å². The third-order valence-corrected chi connectivity index (χ3v) is 3.02. The van der Waals surface area contributed by atoms with Crippen LogP contribution >= 0.6 is 15.9 Å². The molecular formula is C12H18BrNO. The maximum Gasteiger partial charge on any atom is 0.120 e.